The minimum Gasteiger partial charge on any atom is -0.748 e. The molecule has 5 nitrogen and oxygen atoms in total. The summed E-state index contributed by atoms with van der Waals surface area (Å²) in [6.07, 6.45) is 0.833. The Morgan fingerprint density at radius 3 is 1.86 bits per heavy atom. The maximum Gasteiger partial charge on any atom is 1.00 e. The number of carboxylic acids is 1. The van der Waals surface area contributed by atoms with Gasteiger partial charge in [-0.2, -0.15) is 0 Å². The monoisotopic (exact) mass is 230 g/mol. The van der Waals surface area contributed by atoms with Crippen LogP contribution >= 0.6 is 0 Å². The van der Waals surface area contributed by atoms with Crippen LogP contribution in [0.1, 0.15) is 6.92 Å². The summed E-state index contributed by atoms with van der Waals surface area (Å²) >= 11 is 0. The fraction of sp³-hybridized carbons (Fsp3) is 0.286. The standard InChI is InChI=1S/C4H8O3S.C3H4O2.Na/c1-4(2)3-8(5,6)7;1-2-3(4)5;/h1,3H2,2H3,(H,5,6,7);2H,1H2,(H,4,5);/q;;+1/p-1. The summed E-state index contributed by atoms with van der Waals surface area (Å²) in [5.41, 5.74) is 0.375. The third kappa shape index (κ3) is 29.7. The van der Waals surface area contributed by atoms with Gasteiger partial charge in [0, 0.05) is 6.08 Å². The number of carbonyl (C=O) groups is 1. The topological polar surface area (TPSA) is 94.5 Å². The van der Waals surface area contributed by atoms with Crippen LogP contribution in [0.3, 0.4) is 0 Å². The Bertz CT molecular complexity index is 293. The Balaban J connectivity index is -0.000000177. The Morgan fingerprint density at radius 1 is 1.57 bits per heavy atom. The maximum atomic E-state index is 9.83. The molecular formula is C7H11NaO5S. The summed E-state index contributed by atoms with van der Waals surface area (Å²) in [4.78, 5) is 9.25. The molecule has 0 aromatic carbocycles. The molecule has 0 spiro atoms. The fourth-order valence-electron chi connectivity index (χ4n) is 0.302. The van der Waals surface area contributed by atoms with E-state index in [1.807, 2.05) is 0 Å². The number of hydrogen-bond acceptors (Lipinski definition) is 4. The van der Waals surface area contributed by atoms with Crippen molar-refractivity contribution in [1.82, 2.24) is 0 Å². The van der Waals surface area contributed by atoms with Gasteiger partial charge in [-0.25, -0.2) is 13.2 Å². The van der Waals surface area contributed by atoms with Gasteiger partial charge in [0.25, 0.3) is 0 Å². The van der Waals surface area contributed by atoms with Gasteiger partial charge in [0.1, 0.15) is 0 Å². The molecule has 0 atom stereocenters. The van der Waals surface area contributed by atoms with Gasteiger partial charge >= 0.3 is 35.5 Å². The summed E-state index contributed by atoms with van der Waals surface area (Å²) < 4.78 is 29.5. The fourth-order valence-corrected chi connectivity index (χ4v) is 0.905. The van der Waals surface area contributed by atoms with Crippen molar-refractivity contribution < 1.29 is 52.4 Å². The first kappa shape index (κ1) is 19.4. The average Bonchev–Trinajstić information content (AvgIpc) is 1.83. The van der Waals surface area contributed by atoms with Crippen LogP contribution in [0.5, 0.6) is 0 Å². The van der Waals surface area contributed by atoms with Crippen molar-refractivity contribution in [3.05, 3.63) is 24.8 Å². The zero-order valence-corrected chi connectivity index (χ0v) is 11.0. The van der Waals surface area contributed by atoms with Crippen LogP contribution in [0, 0.1) is 0 Å². The molecule has 0 amide bonds. The summed E-state index contributed by atoms with van der Waals surface area (Å²) in [6.45, 7) is 7.72. The van der Waals surface area contributed by atoms with Gasteiger partial charge in [-0.1, -0.05) is 18.7 Å². The van der Waals surface area contributed by atoms with E-state index in [9.17, 15) is 17.8 Å². The third-order valence-electron chi connectivity index (χ3n) is 0.598. The second-order valence-electron chi connectivity index (χ2n) is 2.20. The van der Waals surface area contributed by atoms with E-state index >= 15 is 0 Å². The Hall–Kier alpha value is -0.140. The summed E-state index contributed by atoms with van der Waals surface area (Å²) in [5, 5.41) is 7.60. The van der Waals surface area contributed by atoms with E-state index in [-0.39, 0.29) is 29.6 Å². The number of carboxylic acid groups (broad SMARTS) is 1. The number of hydrogen-bond donors (Lipinski definition) is 1. The predicted octanol–water partition coefficient (Wildman–Crippen LogP) is -2.63. The van der Waals surface area contributed by atoms with E-state index in [4.69, 9.17) is 5.11 Å². The van der Waals surface area contributed by atoms with Crippen molar-refractivity contribution in [2.24, 2.45) is 0 Å². The first-order valence-corrected chi connectivity index (χ1v) is 4.70. The van der Waals surface area contributed by atoms with Crippen LogP contribution in [0.4, 0.5) is 0 Å². The zero-order chi connectivity index (χ0) is 11.1. The van der Waals surface area contributed by atoms with Gasteiger partial charge in [0.05, 0.1) is 15.9 Å². The van der Waals surface area contributed by atoms with Gasteiger partial charge in [-0.3, -0.25) is 0 Å². The van der Waals surface area contributed by atoms with Gasteiger partial charge in [-0.15, -0.1) is 0 Å². The second kappa shape index (κ2) is 9.42. The molecule has 0 radical (unpaired) electrons. The smallest absolute Gasteiger partial charge is 0.748 e. The van der Waals surface area contributed by atoms with Gasteiger partial charge in [-0.05, 0) is 6.92 Å². The molecule has 0 aliphatic rings. The molecule has 0 bridgehead atoms. The van der Waals surface area contributed by atoms with Crippen molar-refractivity contribution >= 4 is 16.1 Å². The molecule has 0 saturated heterocycles. The van der Waals surface area contributed by atoms with E-state index in [1.54, 1.807) is 0 Å². The SMILES string of the molecule is C=C(C)CS(=O)(=O)[O-].C=CC(=O)O.[Na+]. The molecule has 14 heavy (non-hydrogen) atoms. The molecule has 0 aromatic rings. The molecule has 0 saturated carbocycles. The molecular weight excluding hydrogens is 219 g/mol. The van der Waals surface area contributed by atoms with Crippen LogP contribution in [0.25, 0.3) is 0 Å². The van der Waals surface area contributed by atoms with Gasteiger partial charge in [0.15, 0.2) is 0 Å². The largest absolute Gasteiger partial charge is 1.00 e. The summed E-state index contributed by atoms with van der Waals surface area (Å²) in [6, 6.07) is 0. The van der Waals surface area contributed by atoms with Crippen LogP contribution in [0.2, 0.25) is 0 Å². The van der Waals surface area contributed by atoms with E-state index in [2.05, 4.69) is 13.2 Å². The van der Waals surface area contributed by atoms with E-state index in [0.717, 1.165) is 6.08 Å². The zero-order valence-electron chi connectivity index (χ0n) is 8.19. The van der Waals surface area contributed by atoms with Crippen molar-refractivity contribution in [2.45, 2.75) is 6.92 Å². The third-order valence-corrected chi connectivity index (χ3v) is 1.44. The first-order valence-electron chi connectivity index (χ1n) is 3.12. The molecule has 0 unspecified atom stereocenters. The van der Waals surface area contributed by atoms with Crippen LogP contribution < -0.4 is 29.6 Å². The van der Waals surface area contributed by atoms with Crippen molar-refractivity contribution in [1.29, 1.82) is 0 Å². The maximum absolute atomic E-state index is 9.83. The molecule has 0 aliphatic heterocycles. The molecule has 0 rings (SSSR count). The average molecular weight is 230 g/mol. The Labute approximate surface area is 106 Å². The van der Waals surface area contributed by atoms with Crippen LogP contribution in [-0.2, 0) is 14.9 Å². The molecule has 0 heterocycles. The van der Waals surface area contributed by atoms with Gasteiger partial charge in [0.2, 0.25) is 0 Å². The quantitative estimate of drug-likeness (QED) is 0.248. The van der Waals surface area contributed by atoms with E-state index in [0.29, 0.717) is 5.57 Å². The number of aliphatic carboxylic acids is 1. The normalized spacial score (nSPS) is 8.71. The van der Waals surface area contributed by atoms with Crippen LogP contribution in [0.15, 0.2) is 24.8 Å². The van der Waals surface area contributed by atoms with Crippen LogP contribution in [-0.4, -0.2) is 29.8 Å². The first-order chi connectivity index (χ1) is 5.69. The predicted molar refractivity (Wildman–Crippen MR) is 47.2 cm³/mol. The molecule has 1 N–H and O–H groups in total. The Morgan fingerprint density at radius 2 is 1.86 bits per heavy atom. The second-order valence-corrected chi connectivity index (χ2v) is 3.61. The minimum absolute atomic E-state index is 0. The number of rotatable bonds is 3. The van der Waals surface area contributed by atoms with Crippen molar-refractivity contribution in [2.75, 3.05) is 5.75 Å². The van der Waals surface area contributed by atoms with E-state index < -0.39 is 21.8 Å². The van der Waals surface area contributed by atoms with E-state index in [1.165, 1.54) is 6.92 Å². The van der Waals surface area contributed by atoms with Crippen molar-refractivity contribution in [3.8, 4) is 0 Å². The summed E-state index contributed by atoms with van der Waals surface area (Å²) in [5.74, 6) is -1.43. The summed E-state index contributed by atoms with van der Waals surface area (Å²) in [7, 11) is -4.07. The minimum atomic E-state index is -4.07. The molecule has 0 aliphatic carbocycles. The molecule has 76 valence electrons. The Kier molecular flexibility index (Phi) is 13.1. The molecule has 7 heteroatoms. The molecule has 0 aromatic heterocycles. The molecule has 0 fully saturated rings. The van der Waals surface area contributed by atoms with Gasteiger partial charge < -0.3 is 9.66 Å². The van der Waals surface area contributed by atoms with Crippen molar-refractivity contribution in [3.63, 3.8) is 0 Å².